The molecule has 0 spiro atoms. The summed E-state index contributed by atoms with van der Waals surface area (Å²) in [5.74, 6) is 0. The van der Waals surface area contributed by atoms with Crippen molar-refractivity contribution in [3.05, 3.63) is 126 Å². The van der Waals surface area contributed by atoms with Gasteiger partial charge < -0.3 is 4.90 Å². The molecule has 3 heteroatoms. The molecule has 0 N–H and O–H groups in total. The summed E-state index contributed by atoms with van der Waals surface area (Å²) in [6, 6.07) is 10.3. The van der Waals surface area contributed by atoms with Crippen LogP contribution in [0.2, 0.25) is 0 Å². The van der Waals surface area contributed by atoms with Crippen LogP contribution < -0.4 is 0 Å². The van der Waals surface area contributed by atoms with Gasteiger partial charge in [-0.15, -0.1) is 0 Å². The highest BCUT2D eigenvalue weighted by Gasteiger charge is 2.26. The van der Waals surface area contributed by atoms with E-state index in [-0.39, 0.29) is 6.04 Å². The van der Waals surface area contributed by atoms with Gasteiger partial charge in [-0.25, -0.2) is 4.68 Å². The summed E-state index contributed by atoms with van der Waals surface area (Å²) in [5.41, 5.74) is 8.86. The Balaban J connectivity index is 2.70. The zero-order valence-corrected chi connectivity index (χ0v) is 23.8. The highest BCUT2D eigenvalue weighted by Crippen LogP contribution is 2.36. The Kier molecular flexibility index (Phi) is 11.9. The summed E-state index contributed by atoms with van der Waals surface area (Å²) < 4.78 is 2.00. The quantitative estimate of drug-likeness (QED) is 0.243. The number of para-hydroxylation sites is 1. The summed E-state index contributed by atoms with van der Waals surface area (Å²) in [6.45, 7) is 23.5. The third-order valence-corrected chi connectivity index (χ3v) is 6.44. The first-order valence-corrected chi connectivity index (χ1v) is 13.2. The van der Waals surface area contributed by atoms with Gasteiger partial charge in [0, 0.05) is 24.5 Å². The Morgan fingerprint density at radius 3 is 2.38 bits per heavy atom. The highest BCUT2D eigenvalue weighted by atomic mass is 15.3. The van der Waals surface area contributed by atoms with E-state index >= 15 is 0 Å². The van der Waals surface area contributed by atoms with E-state index in [0.717, 1.165) is 59.5 Å². The summed E-state index contributed by atoms with van der Waals surface area (Å²) in [7, 11) is 2.15. The van der Waals surface area contributed by atoms with Crippen LogP contribution in [0, 0.1) is 0 Å². The second-order valence-corrected chi connectivity index (χ2v) is 9.77. The van der Waals surface area contributed by atoms with E-state index in [1.54, 1.807) is 0 Å². The summed E-state index contributed by atoms with van der Waals surface area (Å²) >= 11 is 0. The third-order valence-electron chi connectivity index (χ3n) is 6.44. The van der Waals surface area contributed by atoms with Crippen LogP contribution in [-0.2, 0) is 0 Å². The fourth-order valence-electron chi connectivity index (χ4n) is 4.20. The lowest BCUT2D eigenvalue weighted by Gasteiger charge is -2.33. The Morgan fingerprint density at radius 1 is 1.08 bits per heavy atom. The minimum atomic E-state index is 0.0258. The van der Waals surface area contributed by atoms with E-state index in [2.05, 4.69) is 95.9 Å². The zero-order valence-electron chi connectivity index (χ0n) is 23.8. The van der Waals surface area contributed by atoms with E-state index < -0.39 is 0 Å². The number of aromatic nitrogens is 2. The molecular formula is C34H45N3. The number of allylic oxidation sites excluding steroid dienone is 10. The van der Waals surface area contributed by atoms with Crippen LogP contribution in [0.25, 0.3) is 11.3 Å². The van der Waals surface area contributed by atoms with Gasteiger partial charge in [0.05, 0.1) is 17.4 Å². The molecule has 0 aliphatic rings. The third kappa shape index (κ3) is 8.49. The van der Waals surface area contributed by atoms with Gasteiger partial charge in [0.1, 0.15) is 0 Å². The van der Waals surface area contributed by atoms with Crippen LogP contribution in [0.1, 0.15) is 77.6 Å². The zero-order chi connectivity index (χ0) is 27.4. The Morgan fingerprint density at radius 2 is 1.78 bits per heavy atom. The van der Waals surface area contributed by atoms with E-state index in [1.807, 2.05) is 48.0 Å². The van der Waals surface area contributed by atoms with Crippen molar-refractivity contribution in [2.45, 2.75) is 66.3 Å². The van der Waals surface area contributed by atoms with E-state index in [9.17, 15) is 0 Å². The van der Waals surface area contributed by atoms with Crippen molar-refractivity contribution in [1.82, 2.24) is 14.7 Å². The molecule has 1 aromatic heterocycles. The molecule has 3 nitrogen and oxygen atoms in total. The molecular weight excluding hydrogens is 450 g/mol. The highest BCUT2D eigenvalue weighted by molar-refractivity contribution is 5.66. The maximum atomic E-state index is 5.10. The molecule has 0 saturated heterocycles. The molecule has 0 radical (unpaired) electrons. The van der Waals surface area contributed by atoms with Gasteiger partial charge in [0.2, 0.25) is 0 Å². The number of rotatable bonds is 14. The van der Waals surface area contributed by atoms with E-state index in [1.165, 1.54) is 11.1 Å². The topological polar surface area (TPSA) is 21.1 Å². The molecule has 1 atom stereocenters. The van der Waals surface area contributed by atoms with Gasteiger partial charge in [0.15, 0.2) is 0 Å². The van der Waals surface area contributed by atoms with Gasteiger partial charge in [-0.3, -0.25) is 0 Å². The molecule has 2 rings (SSSR count). The number of nitrogens with zero attached hydrogens (tertiary/aromatic N) is 3. The predicted octanol–water partition coefficient (Wildman–Crippen LogP) is 9.55. The summed E-state index contributed by atoms with van der Waals surface area (Å²) in [4.78, 5) is 2.33. The monoisotopic (exact) mass is 495 g/mol. The van der Waals surface area contributed by atoms with Gasteiger partial charge >= 0.3 is 0 Å². The van der Waals surface area contributed by atoms with Crippen molar-refractivity contribution in [2.75, 3.05) is 7.05 Å². The number of hydrogen-bond donors (Lipinski definition) is 0. The number of hydrogen-bond acceptors (Lipinski definition) is 2. The van der Waals surface area contributed by atoms with Crippen molar-refractivity contribution >= 4 is 5.57 Å². The Bertz CT molecular complexity index is 1180. The summed E-state index contributed by atoms with van der Waals surface area (Å²) in [5, 5.41) is 5.10. The molecule has 196 valence electrons. The lowest BCUT2D eigenvalue weighted by Crippen LogP contribution is -2.25. The minimum absolute atomic E-state index is 0.0258. The molecule has 2 aromatic rings. The molecule has 1 unspecified atom stereocenters. The van der Waals surface area contributed by atoms with Crippen molar-refractivity contribution in [3.63, 3.8) is 0 Å². The van der Waals surface area contributed by atoms with Gasteiger partial charge in [0.25, 0.3) is 0 Å². The average molecular weight is 496 g/mol. The lowest BCUT2D eigenvalue weighted by molar-refractivity contribution is 0.296. The fourth-order valence-corrected chi connectivity index (χ4v) is 4.20. The standard InChI is InChI=1S/C34H45N3/c1-10-13-19-29(8)36(9)33(24-28(7)30(17-11-2)18-12-3)32-25-37(31-20-15-14-16-21-31)35-34(32)27(6)23-22-26(4)5/h11-12,14-18,20-23,25,33H,2,7-8,10,13,19,24H2,1,3-6,9H3/b18-12-,27-23+,30-17+. The predicted molar refractivity (Wildman–Crippen MR) is 163 cm³/mol. The second kappa shape index (κ2) is 14.8. The SMILES string of the molecule is C=C/C=C(\C=C/C)C(=C)CC(c1cn(-c2ccccc2)nc1/C(C)=C/C=C(C)C)N(C)C(=C)CCCC. The normalized spacial score (nSPS) is 12.9. The second-order valence-electron chi connectivity index (χ2n) is 9.77. The van der Waals surface area contributed by atoms with Crippen molar-refractivity contribution in [1.29, 1.82) is 0 Å². The Labute approximate surface area is 225 Å². The van der Waals surface area contributed by atoms with Crippen LogP contribution in [0.15, 0.2) is 115 Å². The van der Waals surface area contributed by atoms with Crippen LogP contribution in [0.4, 0.5) is 0 Å². The first-order chi connectivity index (χ1) is 17.7. The van der Waals surface area contributed by atoms with Crippen LogP contribution in [-0.4, -0.2) is 21.7 Å². The fraction of sp³-hybridized carbons (Fsp3) is 0.324. The molecule has 0 aliphatic carbocycles. The van der Waals surface area contributed by atoms with Crippen LogP contribution in [0.3, 0.4) is 0 Å². The molecule has 37 heavy (non-hydrogen) atoms. The van der Waals surface area contributed by atoms with E-state index in [4.69, 9.17) is 5.10 Å². The number of unbranched alkanes of at least 4 members (excludes halogenated alkanes) is 1. The van der Waals surface area contributed by atoms with Gasteiger partial charge in [-0.1, -0.05) is 93.3 Å². The van der Waals surface area contributed by atoms with Crippen molar-refractivity contribution < 1.29 is 0 Å². The smallest absolute Gasteiger partial charge is 0.0937 e. The molecule has 0 saturated carbocycles. The Hall–Kier alpha value is -3.59. The van der Waals surface area contributed by atoms with E-state index in [0.29, 0.717) is 0 Å². The number of benzene rings is 1. The maximum absolute atomic E-state index is 5.10. The molecule has 1 heterocycles. The first-order valence-electron chi connectivity index (χ1n) is 13.2. The lowest BCUT2D eigenvalue weighted by atomic mass is 9.92. The molecule has 1 aromatic carbocycles. The van der Waals surface area contributed by atoms with Crippen LogP contribution in [0.5, 0.6) is 0 Å². The van der Waals surface area contributed by atoms with Crippen LogP contribution >= 0.6 is 0 Å². The first kappa shape index (κ1) is 29.6. The van der Waals surface area contributed by atoms with Gasteiger partial charge in [-0.05, 0) is 75.8 Å². The maximum Gasteiger partial charge on any atom is 0.0937 e. The average Bonchev–Trinajstić information content (AvgIpc) is 3.34. The largest absolute Gasteiger partial charge is 0.371 e. The van der Waals surface area contributed by atoms with Gasteiger partial charge in [-0.2, -0.15) is 5.10 Å². The summed E-state index contributed by atoms with van der Waals surface area (Å²) in [6.07, 6.45) is 18.5. The molecule has 0 amide bonds. The molecule has 0 bridgehead atoms. The minimum Gasteiger partial charge on any atom is -0.371 e. The van der Waals surface area contributed by atoms with Crippen molar-refractivity contribution in [2.24, 2.45) is 0 Å². The van der Waals surface area contributed by atoms with Crippen molar-refractivity contribution in [3.8, 4) is 5.69 Å². The molecule has 0 fully saturated rings. The molecule has 0 aliphatic heterocycles.